The van der Waals surface area contributed by atoms with Crippen LogP contribution in [-0.2, 0) is 16.6 Å². The van der Waals surface area contributed by atoms with Crippen LogP contribution in [0.25, 0.3) is 0 Å². The number of rotatable bonds is 6. The molecule has 0 aromatic heterocycles. The van der Waals surface area contributed by atoms with Gasteiger partial charge in [0.05, 0.1) is 6.26 Å². The zero-order valence-corrected chi connectivity index (χ0v) is 9.85. The van der Waals surface area contributed by atoms with Crippen molar-refractivity contribution in [1.82, 2.24) is 10.0 Å². The van der Waals surface area contributed by atoms with E-state index < -0.39 is 10.0 Å². The molecule has 0 saturated heterocycles. The molecule has 1 aromatic rings. The lowest BCUT2D eigenvalue weighted by atomic mass is 10.2. The molecule has 0 heterocycles. The molecule has 0 fully saturated rings. The number of hydrogen-bond donors (Lipinski definition) is 2. The first-order valence-corrected chi connectivity index (χ1v) is 6.76. The van der Waals surface area contributed by atoms with Gasteiger partial charge in [0.2, 0.25) is 10.0 Å². The molecule has 0 spiro atoms. The lowest BCUT2D eigenvalue weighted by Crippen LogP contribution is -2.30. The van der Waals surface area contributed by atoms with E-state index in [4.69, 9.17) is 0 Å². The number of nitrogens with one attached hydrogen (secondary N) is 2. The SMILES string of the molecule is CS(=O)(=O)NCCNCc1ccc(F)cc1. The van der Waals surface area contributed by atoms with E-state index in [1.54, 1.807) is 12.1 Å². The Kier molecular flexibility index (Phi) is 4.85. The zero-order chi connectivity index (χ0) is 12.0. The quantitative estimate of drug-likeness (QED) is 0.717. The van der Waals surface area contributed by atoms with Gasteiger partial charge in [0, 0.05) is 19.6 Å². The van der Waals surface area contributed by atoms with Gasteiger partial charge >= 0.3 is 0 Å². The summed E-state index contributed by atoms with van der Waals surface area (Å²) in [6.45, 7) is 1.47. The average Bonchev–Trinajstić information content (AvgIpc) is 2.19. The summed E-state index contributed by atoms with van der Waals surface area (Å²) in [5.41, 5.74) is 0.959. The Labute approximate surface area is 94.9 Å². The van der Waals surface area contributed by atoms with Crippen molar-refractivity contribution in [3.05, 3.63) is 35.6 Å². The summed E-state index contributed by atoms with van der Waals surface area (Å²) in [4.78, 5) is 0. The van der Waals surface area contributed by atoms with Gasteiger partial charge in [-0.15, -0.1) is 0 Å². The van der Waals surface area contributed by atoms with Gasteiger partial charge in [0.15, 0.2) is 0 Å². The molecule has 0 aliphatic carbocycles. The summed E-state index contributed by atoms with van der Waals surface area (Å²) in [5, 5.41) is 3.04. The summed E-state index contributed by atoms with van der Waals surface area (Å²) in [5.74, 6) is -0.262. The summed E-state index contributed by atoms with van der Waals surface area (Å²) in [6, 6.07) is 6.16. The Balaban J connectivity index is 2.19. The van der Waals surface area contributed by atoms with Crippen molar-refractivity contribution in [2.24, 2.45) is 0 Å². The smallest absolute Gasteiger partial charge is 0.208 e. The number of halogens is 1. The van der Waals surface area contributed by atoms with Crippen molar-refractivity contribution in [2.75, 3.05) is 19.3 Å². The molecule has 16 heavy (non-hydrogen) atoms. The molecule has 6 heteroatoms. The number of hydrogen-bond acceptors (Lipinski definition) is 3. The molecule has 0 atom stereocenters. The van der Waals surface area contributed by atoms with E-state index >= 15 is 0 Å². The van der Waals surface area contributed by atoms with Crippen molar-refractivity contribution < 1.29 is 12.8 Å². The van der Waals surface area contributed by atoms with Gasteiger partial charge in [-0.3, -0.25) is 0 Å². The van der Waals surface area contributed by atoms with Gasteiger partial charge in [-0.2, -0.15) is 0 Å². The van der Waals surface area contributed by atoms with Gasteiger partial charge in [0.25, 0.3) is 0 Å². The van der Waals surface area contributed by atoms with Crippen LogP contribution in [0.3, 0.4) is 0 Å². The lowest BCUT2D eigenvalue weighted by molar-refractivity contribution is 0.581. The Morgan fingerprint density at radius 3 is 2.38 bits per heavy atom. The maximum absolute atomic E-state index is 12.6. The highest BCUT2D eigenvalue weighted by Crippen LogP contribution is 2.01. The highest BCUT2D eigenvalue weighted by molar-refractivity contribution is 7.88. The number of benzene rings is 1. The van der Waals surface area contributed by atoms with Crippen LogP contribution in [-0.4, -0.2) is 27.8 Å². The Hall–Kier alpha value is -0.980. The van der Waals surface area contributed by atoms with Gasteiger partial charge in [0.1, 0.15) is 5.82 Å². The molecule has 0 unspecified atom stereocenters. The van der Waals surface area contributed by atoms with Crippen molar-refractivity contribution >= 4 is 10.0 Å². The van der Waals surface area contributed by atoms with E-state index in [-0.39, 0.29) is 5.82 Å². The monoisotopic (exact) mass is 246 g/mol. The third-order valence-corrected chi connectivity index (χ3v) is 2.64. The lowest BCUT2D eigenvalue weighted by Gasteiger charge is -2.05. The van der Waals surface area contributed by atoms with Crippen LogP contribution in [0.2, 0.25) is 0 Å². The van der Waals surface area contributed by atoms with Crippen molar-refractivity contribution in [1.29, 1.82) is 0 Å². The fraction of sp³-hybridized carbons (Fsp3) is 0.400. The average molecular weight is 246 g/mol. The van der Waals surface area contributed by atoms with Crippen molar-refractivity contribution in [3.8, 4) is 0 Å². The molecule has 0 radical (unpaired) electrons. The van der Waals surface area contributed by atoms with E-state index in [9.17, 15) is 12.8 Å². The first-order chi connectivity index (χ1) is 7.47. The summed E-state index contributed by atoms with van der Waals surface area (Å²) in [7, 11) is -3.11. The van der Waals surface area contributed by atoms with E-state index in [1.165, 1.54) is 12.1 Å². The second-order valence-electron chi connectivity index (χ2n) is 3.47. The van der Waals surface area contributed by atoms with Crippen LogP contribution in [0.15, 0.2) is 24.3 Å². The normalized spacial score (nSPS) is 11.6. The molecular formula is C10H15FN2O2S. The van der Waals surface area contributed by atoms with Crippen LogP contribution in [0.1, 0.15) is 5.56 Å². The third kappa shape index (κ3) is 5.79. The Morgan fingerprint density at radius 2 is 1.81 bits per heavy atom. The van der Waals surface area contributed by atoms with E-state index in [2.05, 4.69) is 10.0 Å². The molecule has 0 bridgehead atoms. The Bertz CT molecular complexity index is 417. The summed E-state index contributed by atoms with van der Waals surface area (Å²) < 4.78 is 36.4. The first kappa shape index (κ1) is 13.1. The topological polar surface area (TPSA) is 58.2 Å². The van der Waals surface area contributed by atoms with Crippen molar-refractivity contribution in [2.45, 2.75) is 6.54 Å². The number of sulfonamides is 1. The van der Waals surface area contributed by atoms with Gasteiger partial charge in [-0.1, -0.05) is 12.1 Å². The minimum absolute atomic E-state index is 0.262. The van der Waals surface area contributed by atoms with Crippen LogP contribution in [0, 0.1) is 5.82 Å². The highest BCUT2D eigenvalue weighted by atomic mass is 32.2. The van der Waals surface area contributed by atoms with Gasteiger partial charge in [-0.25, -0.2) is 17.5 Å². The van der Waals surface area contributed by atoms with Crippen LogP contribution >= 0.6 is 0 Å². The van der Waals surface area contributed by atoms with Gasteiger partial charge < -0.3 is 5.32 Å². The van der Waals surface area contributed by atoms with Gasteiger partial charge in [-0.05, 0) is 17.7 Å². The largest absolute Gasteiger partial charge is 0.311 e. The maximum atomic E-state index is 12.6. The predicted octanol–water partition coefficient (Wildman–Crippen LogP) is 0.464. The first-order valence-electron chi connectivity index (χ1n) is 4.87. The fourth-order valence-corrected chi connectivity index (χ4v) is 1.63. The molecular weight excluding hydrogens is 231 g/mol. The molecule has 1 aromatic carbocycles. The molecule has 4 nitrogen and oxygen atoms in total. The van der Waals surface area contributed by atoms with Crippen LogP contribution in [0.4, 0.5) is 4.39 Å². The second kappa shape index (κ2) is 5.93. The van der Waals surface area contributed by atoms with Crippen LogP contribution < -0.4 is 10.0 Å². The summed E-state index contributed by atoms with van der Waals surface area (Å²) >= 11 is 0. The predicted molar refractivity (Wildman–Crippen MR) is 61.0 cm³/mol. The second-order valence-corrected chi connectivity index (χ2v) is 5.30. The minimum Gasteiger partial charge on any atom is -0.311 e. The van der Waals surface area contributed by atoms with Crippen LogP contribution in [0.5, 0.6) is 0 Å². The molecule has 0 aliphatic heterocycles. The third-order valence-electron chi connectivity index (χ3n) is 1.91. The molecule has 2 N–H and O–H groups in total. The maximum Gasteiger partial charge on any atom is 0.208 e. The van der Waals surface area contributed by atoms with E-state index in [0.717, 1.165) is 11.8 Å². The molecule has 90 valence electrons. The summed E-state index contributed by atoms with van der Waals surface area (Å²) in [6.07, 6.45) is 1.12. The molecule has 1 rings (SSSR count). The zero-order valence-electron chi connectivity index (χ0n) is 9.03. The molecule has 0 aliphatic rings. The van der Waals surface area contributed by atoms with E-state index in [1.807, 2.05) is 0 Å². The standard InChI is InChI=1S/C10H15FN2O2S/c1-16(14,15)13-7-6-12-8-9-2-4-10(11)5-3-9/h2-5,12-13H,6-8H2,1H3. The highest BCUT2D eigenvalue weighted by Gasteiger charge is 1.98. The van der Waals surface area contributed by atoms with E-state index in [0.29, 0.717) is 19.6 Å². The van der Waals surface area contributed by atoms with Crippen molar-refractivity contribution in [3.63, 3.8) is 0 Å². The molecule has 0 amide bonds. The minimum atomic E-state index is -3.11. The Morgan fingerprint density at radius 1 is 1.19 bits per heavy atom. The molecule has 0 saturated carbocycles. The fourth-order valence-electron chi connectivity index (χ4n) is 1.16.